The molecule has 0 saturated heterocycles. The molecule has 0 aromatic heterocycles. The van der Waals surface area contributed by atoms with Gasteiger partial charge in [0.05, 0.1) is 11.4 Å². The van der Waals surface area contributed by atoms with Gasteiger partial charge < -0.3 is 10.0 Å². The van der Waals surface area contributed by atoms with Crippen LogP contribution in [-0.2, 0) is 10.3 Å². The van der Waals surface area contributed by atoms with Crippen molar-refractivity contribution in [3.8, 4) is 0 Å². The summed E-state index contributed by atoms with van der Waals surface area (Å²) < 4.78 is 33.5. The maximum absolute atomic E-state index is 11.7. The average molecular weight is 307 g/mol. The number of hydrogen-bond donors (Lipinski definition) is 3. The van der Waals surface area contributed by atoms with Crippen molar-refractivity contribution in [3.05, 3.63) is 54.1 Å². The topological polar surface area (TPSA) is 98.1 Å². The van der Waals surface area contributed by atoms with E-state index in [9.17, 15) is 13.0 Å². The molecule has 0 fully saturated rings. The van der Waals surface area contributed by atoms with Crippen LogP contribution < -0.4 is 9.77 Å². The van der Waals surface area contributed by atoms with Crippen molar-refractivity contribution in [2.45, 2.75) is 6.92 Å². The molecule has 0 radical (unpaired) electrons. The van der Waals surface area contributed by atoms with Gasteiger partial charge in [0, 0.05) is 0 Å². The third kappa shape index (κ3) is 3.62. The first-order chi connectivity index (χ1) is 9.79. The summed E-state index contributed by atoms with van der Waals surface area (Å²) in [6.45, 7) is 1.85. The zero-order valence-corrected chi connectivity index (χ0v) is 12.0. The molecular weight excluding hydrogens is 293 g/mol. The fraction of sp³-hybridized carbons (Fsp3) is 0.0769. The van der Waals surface area contributed by atoms with E-state index in [1.807, 2.05) is 6.92 Å². The number of benzene rings is 2. The van der Waals surface area contributed by atoms with Gasteiger partial charge in [0.2, 0.25) is 0 Å². The van der Waals surface area contributed by atoms with Gasteiger partial charge in [-0.3, -0.25) is 4.55 Å². The van der Waals surface area contributed by atoms with E-state index in [1.54, 1.807) is 24.3 Å². The molecule has 0 unspecified atom stereocenters. The van der Waals surface area contributed by atoms with E-state index in [1.165, 1.54) is 24.3 Å². The molecule has 2 rings (SSSR count). The van der Waals surface area contributed by atoms with Gasteiger partial charge in [-0.15, -0.1) is 0 Å². The third-order valence-electron chi connectivity index (χ3n) is 2.90. The van der Waals surface area contributed by atoms with E-state index in [4.69, 9.17) is 10.0 Å². The first-order valence-corrected chi connectivity index (χ1v) is 7.49. The smallest absolute Gasteiger partial charge is 0.423 e. The Bertz CT molecular complexity index is 730. The second-order valence-corrected chi connectivity index (χ2v) is 5.81. The quantitative estimate of drug-likeness (QED) is 0.568. The first-order valence-electron chi connectivity index (χ1n) is 6.09. The summed E-state index contributed by atoms with van der Waals surface area (Å²) in [5.74, 6) is 0. The molecule has 0 aliphatic rings. The largest absolute Gasteiger partial charge is 0.488 e. The lowest BCUT2D eigenvalue weighted by Crippen LogP contribution is -2.32. The van der Waals surface area contributed by atoms with Crippen molar-refractivity contribution in [2.75, 3.05) is 4.31 Å². The highest BCUT2D eigenvalue weighted by Crippen LogP contribution is 2.27. The Hall–Kier alpha value is -1.87. The van der Waals surface area contributed by atoms with Crippen molar-refractivity contribution in [3.63, 3.8) is 0 Å². The average Bonchev–Trinajstić information content (AvgIpc) is 2.40. The Balaban J connectivity index is 2.56. The predicted octanol–water partition coefficient (Wildman–Crippen LogP) is 0.616. The van der Waals surface area contributed by atoms with Crippen LogP contribution in [0, 0.1) is 6.92 Å². The van der Waals surface area contributed by atoms with Gasteiger partial charge in [0.25, 0.3) is 0 Å². The maximum atomic E-state index is 11.7. The lowest BCUT2D eigenvalue weighted by Gasteiger charge is -2.21. The van der Waals surface area contributed by atoms with E-state index in [2.05, 4.69) is 0 Å². The first kappa shape index (κ1) is 15.5. The zero-order valence-electron chi connectivity index (χ0n) is 11.2. The fourth-order valence-electron chi connectivity index (χ4n) is 1.91. The molecule has 6 nitrogen and oxygen atoms in total. The van der Waals surface area contributed by atoms with E-state index < -0.39 is 17.4 Å². The van der Waals surface area contributed by atoms with Crippen LogP contribution in [0.2, 0.25) is 0 Å². The van der Waals surface area contributed by atoms with Crippen LogP contribution in [0.15, 0.2) is 48.5 Å². The molecule has 0 aliphatic heterocycles. The Morgan fingerprint density at radius 3 is 2.14 bits per heavy atom. The number of aryl methyl sites for hydroxylation is 1. The second-order valence-electron chi connectivity index (χ2n) is 4.55. The summed E-state index contributed by atoms with van der Waals surface area (Å²) >= 11 is 0. The van der Waals surface area contributed by atoms with Gasteiger partial charge in [0.15, 0.2) is 0 Å². The molecule has 2 aromatic rings. The molecule has 0 aliphatic carbocycles. The highest BCUT2D eigenvalue weighted by atomic mass is 32.2. The SMILES string of the molecule is Cc1ccc(N(c2cccc(B(O)O)c2)S(=O)(=O)O)cc1. The minimum atomic E-state index is -4.56. The summed E-state index contributed by atoms with van der Waals surface area (Å²) in [7, 11) is -6.29. The Morgan fingerprint density at radius 1 is 1.00 bits per heavy atom. The standard InChI is InChI=1S/C13H14BNO5S/c1-10-5-7-12(8-6-10)15(21(18,19)20)13-4-2-3-11(9-13)14(16)17/h2-9,16-17H,1H3,(H,18,19,20). The van der Waals surface area contributed by atoms with Gasteiger partial charge in [0.1, 0.15) is 0 Å². The van der Waals surface area contributed by atoms with Gasteiger partial charge in [-0.1, -0.05) is 29.8 Å². The minimum absolute atomic E-state index is 0.104. The number of anilines is 2. The summed E-state index contributed by atoms with van der Waals surface area (Å²) in [6, 6.07) is 12.1. The van der Waals surface area contributed by atoms with Gasteiger partial charge in [-0.05, 0) is 36.7 Å². The zero-order chi connectivity index (χ0) is 15.6. The van der Waals surface area contributed by atoms with Crippen molar-refractivity contribution in [2.24, 2.45) is 0 Å². The van der Waals surface area contributed by atoms with Crippen LogP contribution in [0.4, 0.5) is 11.4 Å². The van der Waals surface area contributed by atoms with Crippen molar-refractivity contribution in [1.82, 2.24) is 0 Å². The highest BCUT2D eigenvalue weighted by molar-refractivity contribution is 7.87. The predicted molar refractivity (Wildman–Crippen MR) is 81.1 cm³/mol. The lowest BCUT2D eigenvalue weighted by molar-refractivity contribution is 0.425. The maximum Gasteiger partial charge on any atom is 0.488 e. The van der Waals surface area contributed by atoms with Crippen LogP contribution >= 0.6 is 0 Å². The van der Waals surface area contributed by atoms with Crippen LogP contribution in [-0.4, -0.2) is 30.1 Å². The molecule has 0 saturated carbocycles. The number of rotatable bonds is 4. The highest BCUT2D eigenvalue weighted by Gasteiger charge is 2.23. The molecule has 2 aromatic carbocycles. The molecule has 8 heteroatoms. The Kier molecular flexibility index (Phi) is 4.33. The molecule has 21 heavy (non-hydrogen) atoms. The van der Waals surface area contributed by atoms with Crippen molar-refractivity contribution < 1.29 is 23.0 Å². The van der Waals surface area contributed by atoms with Crippen LogP contribution in [0.5, 0.6) is 0 Å². The van der Waals surface area contributed by atoms with E-state index in [-0.39, 0.29) is 16.8 Å². The number of nitrogens with zero attached hydrogens (tertiary/aromatic N) is 1. The summed E-state index contributed by atoms with van der Waals surface area (Å²) in [6.07, 6.45) is 0. The molecule has 0 spiro atoms. The third-order valence-corrected chi connectivity index (χ3v) is 3.79. The molecular formula is C13H14BNO5S. The molecule has 0 amide bonds. The Morgan fingerprint density at radius 2 is 1.62 bits per heavy atom. The molecule has 3 N–H and O–H groups in total. The molecule has 110 valence electrons. The fourth-order valence-corrected chi connectivity index (χ4v) is 2.68. The summed E-state index contributed by atoms with van der Waals surface area (Å²) in [5, 5.41) is 18.3. The van der Waals surface area contributed by atoms with E-state index in [0.29, 0.717) is 0 Å². The van der Waals surface area contributed by atoms with Crippen molar-refractivity contribution in [1.29, 1.82) is 0 Å². The summed E-state index contributed by atoms with van der Waals surface area (Å²) in [4.78, 5) is 0. The molecule has 0 heterocycles. The lowest BCUT2D eigenvalue weighted by atomic mass is 9.80. The van der Waals surface area contributed by atoms with Crippen LogP contribution in [0.25, 0.3) is 0 Å². The van der Waals surface area contributed by atoms with Gasteiger partial charge in [-0.25, -0.2) is 4.31 Å². The minimum Gasteiger partial charge on any atom is -0.423 e. The van der Waals surface area contributed by atoms with Gasteiger partial charge >= 0.3 is 17.4 Å². The van der Waals surface area contributed by atoms with Crippen LogP contribution in [0.1, 0.15) is 5.56 Å². The number of hydrogen-bond acceptors (Lipinski definition) is 4. The van der Waals surface area contributed by atoms with E-state index >= 15 is 0 Å². The van der Waals surface area contributed by atoms with Crippen LogP contribution in [0.3, 0.4) is 0 Å². The van der Waals surface area contributed by atoms with Crippen molar-refractivity contribution >= 4 is 34.3 Å². The second kappa shape index (κ2) is 5.86. The molecule has 0 bridgehead atoms. The molecule has 0 atom stereocenters. The normalized spacial score (nSPS) is 11.2. The van der Waals surface area contributed by atoms with E-state index in [0.717, 1.165) is 9.87 Å². The Labute approximate surface area is 123 Å². The summed E-state index contributed by atoms with van der Waals surface area (Å²) in [5.41, 5.74) is 1.40. The monoisotopic (exact) mass is 307 g/mol. The van der Waals surface area contributed by atoms with Gasteiger partial charge in [-0.2, -0.15) is 8.42 Å².